The molecule has 1 unspecified atom stereocenters. The fourth-order valence-corrected chi connectivity index (χ4v) is 3.33. The van der Waals surface area contributed by atoms with Crippen LogP contribution in [0.25, 0.3) is 0 Å². The molecule has 0 aliphatic carbocycles. The Kier molecular flexibility index (Phi) is 4.43. The van der Waals surface area contributed by atoms with Crippen LogP contribution in [-0.4, -0.2) is 12.2 Å². The van der Waals surface area contributed by atoms with Gasteiger partial charge in [0.1, 0.15) is 5.75 Å². The predicted octanol–water partition coefficient (Wildman–Crippen LogP) is 4.10. The number of ether oxygens (including phenoxy) is 1. The molecule has 2 nitrogen and oxygen atoms in total. The molecule has 0 aliphatic heterocycles. The molecule has 0 radical (unpaired) electrons. The van der Waals surface area contributed by atoms with E-state index in [1.165, 1.54) is 5.56 Å². The van der Waals surface area contributed by atoms with Gasteiger partial charge in [0.2, 0.25) is 0 Å². The molecule has 1 aromatic heterocycles. The van der Waals surface area contributed by atoms with Crippen LogP contribution in [0.2, 0.25) is 0 Å². The number of aliphatic hydroxyl groups excluding tert-OH is 1. The lowest BCUT2D eigenvalue weighted by Gasteiger charge is -2.09. The van der Waals surface area contributed by atoms with Crippen molar-refractivity contribution in [1.29, 1.82) is 0 Å². The van der Waals surface area contributed by atoms with Crippen molar-refractivity contribution >= 4 is 27.3 Å². The number of aliphatic hydroxyl groups is 1. The van der Waals surface area contributed by atoms with Crippen LogP contribution in [0, 0.1) is 6.92 Å². The van der Waals surface area contributed by atoms with Crippen molar-refractivity contribution in [1.82, 2.24) is 0 Å². The zero-order valence-electron chi connectivity index (χ0n) is 10.3. The lowest BCUT2D eigenvalue weighted by molar-refractivity contribution is 0.182. The van der Waals surface area contributed by atoms with Crippen molar-refractivity contribution in [2.24, 2.45) is 0 Å². The van der Waals surface area contributed by atoms with Crippen molar-refractivity contribution in [3.05, 3.63) is 50.1 Å². The van der Waals surface area contributed by atoms with Crippen LogP contribution in [-0.2, 0) is 6.42 Å². The monoisotopic (exact) mass is 326 g/mol. The van der Waals surface area contributed by atoms with Crippen LogP contribution in [0.5, 0.6) is 5.75 Å². The van der Waals surface area contributed by atoms with E-state index in [9.17, 15) is 5.11 Å². The van der Waals surface area contributed by atoms with E-state index in [4.69, 9.17) is 4.74 Å². The highest BCUT2D eigenvalue weighted by Crippen LogP contribution is 2.33. The second-order valence-corrected chi connectivity index (χ2v) is 6.58. The van der Waals surface area contributed by atoms with Crippen LogP contribution >= 0.6 is 27.3 Å². The van der Waals surface area contributed by atoms with E-state index in [1.54, 1.807) is 18.4 Å². The van der Waals surface area contributed by atoms with Gasteiger partial charge in [-0.1, -0.05) is 12.1 Å². The average Bonchev–Trinajstić information content (AvgIpc) is 2.70. The summed E-state index contributed by atoms with van der Waals surface area (Å²) < 4.78 is 6.26. The molecule has 1 atom stereocenters. The molecule has 0 aliphatic rings. The van der Waals surface area contributed by atoms with E-state index in [1.807, 2.05) is 37.3 Å². The van der Waals surface area contributed by atoms with Crippen LogP contribution in [0.1, 0.15) is 22.1 Å². The normalized spacial score (nSPS) is 12.4. The minimum absolute atomic E-state index is 0.466. The lowest BCUT2D eigenvalue weighted by atomic mass is 10.1. The zero-order chi connectivity index (χ0) is 13.1. The van der Waals surface area contributed by atoms with Gasteiger partial charge >= 0.3 is 0 Å². The number of halogens is 1. The maximum Gasteiger partial charge on any atom is 0.119 e. The van der Waals surface area contributed by atoms with Crippen LogP contribution in [0.15, 0.2) is 34.1 Å². The van der Waals surface area contributed by atoms with Crippen LogP contribution in [0.3, 0.4) is 0 Å². The minimum Gasteiger partial charge on any atom is -0.497 e. The fraction of sp³-hybridized carbons (Fsp3) is 0.286. The summed E-state index contributed by atoms with van der Waals surface area (Å²) in [4.78, 5) is 0.988. The van der Waals surface area contributed by atoms with E-state index in [0.29, 0.717) is 6.42 Å². The molecule has 0 amide bonds. The highest BCUT2D eigenvalue weighted by molar-refractivity contribution is 9.11. The molecule has 0 bridgehead atoms. The third-order valence-corrected chi connectivity index (χ3v) is 5.01. The number of benzene rings is 1. The van der Waals surface area contributed by atoms with Gasteiger partial charge in [-0.15, -0.1) is 11.3 Å². The number of thiophene rings is 1. The maximum absolute atomic E-state index is 10.2. The smallest absolute Gasteiger partial charge is 0.119 e. The predicted molar refractivity (Wildman–Crippen MR) is 78.4 cm³/mol. The maximum atomic E-state index is 10.2. The van der Waals surface area contributed by atoms with Gasteiger partial charge in [0.05, 0.1) is 17.0 Å². The Balaban J connectivity index is 2.13. The van der Waals surface area contributed by atoms with Crippen molar-refractivity contribution < 1.29 is 9.84 Å². The number of aryl methyl sites for hydroxylation is 1. The van der Waals surface area contributed by atoms with Gasteiger partial charge in [0.15, 0.2) is 0 Å². The molecule has 2 aromatic rings. The summed E-state index contributed by atoms with van der Waals surface area (Å²) >= 11 is 5.07. The summed E-state index contributed by atoms with van der Waals surface area (Å²) in [5.74, 6) is 0.822. The summed E-state index contributed by atoms with van der Waals surface area (Å²) in [5, 5.41) is 10.2. The summed E-state index contributed by atoms with van der Waals surface area (Å²) in [7, 11) is 1.65. The Bertz CT molecular complexity index is 517. The van der Waals surface area contributed by atoms with Crippen molar-refractivity contribution in [2.75, 3.05) is 7.11 Å². The Morgan fingerprint density at radius 2 is 2.17 bits per heavy atom. The highest BCUT2D eigenvalue weighted by Gasteiger charge is 2.13. The SMILES string of the molecule is COc1cccc(CC(O)c2cc(C)c(Br)s2)c1. The van der Waals surface area contributed by atoms with E-state index in [2.05, 4.69) is 15.9 Å². The topological polar surface area (TPSA) is 29.5 Å². The molecule has 0 spiro atoms. The molecular weight excluding hydrogens is 312 g/mol. The zero-order valence-corrected chi connectivity index (χ0v) is 12.7. The number of methoxy groups -OCH3 is 1. The largest absolute Gasteiger partial charge is 0.497 e. The Labute approximate surface area is 119 Å². The molecule has 1 heterocycles. The fourth-order valence-electron chi connectivity index (χ4n) is 1.77. The lowest BCUT2D eigenvalue weighted by Crippen LogP contribution is -1.99. The first-order valence-electron chi connectivity index (χ1n) is 5.67. The van der Waals surface area contributed by atoms with Gasteiger partial charge in [-0.05, 0) is 52.2 Å². The molecule has 96 valence electrons. The average molecular weight is 327 g/mol. The summed E-state index contributed by atoms with van der Waals surface area (Å²) in [6.07, 6.45) is 0.135. The second kappa shape index (κ2) is 5.87. The van der Waals surface area contributed by atoms with Crippen LogP contribution in [0.4, 0.5) is 0 Å². The first-order valence-corrected chi connectivity index (χ1v) is 7.28. The van der Waals surface area contributed by atoms with E-state index < -0.39 is 6.10 Å². The number of rotatable bonds is 4. The van der Waals surface area contributed by atoms with Crippen molar-refractivity contribution in [2.45, 2.75) is 19.4 Å². The Hall–Kier alpha value is -0.840. The highest BCUT2D eigenvalue weighted by atomic mass is 79.9. The van der Waals surface area contributed by atoms with Gasteiger partial charge in [-0.25, -0.2) is 0 Å². The van der Waals surface area contributed by atoms with Gasteiger partial charge in [-0.3, -0.25) is 0 Å². The molecular formula is C14H15BrO2S. The Morgan fingerprint density at radius 1 is 1.39 bits per heavy atom. The van der Waals surface area contributed by atoms with E-state index in [-0.39, 0.29) is 0 Å². The molecule has 2 rings (SSSR count). The second-order valence-electron chi connectivity index (χ2n) is 4.18. The molecule has 0 saturated carbocycles. The third-order valence-electron chi connectivity index (χ3n) is 2.77. The first-order chi connectivity index (χ1) is 8.60. The number of hydrogen-bond acceptors (Lipinski definition) is 3. The molecule has 4 heteroatoms. The summed E-state index contributed by atoms with van der Waals surface area (Å²) in [6, 6.07) is 9.83. The van der Waals surface area contributed by atoms with Crippen LogP contribution < -0.4 is 4.74 Å². The van der Waals surface area contributed by atoms with Gasteiger partial charge < -0.3 is 9.84 Å². The third kappa shape index (κ3) is 3.13. The molecule has 0 fully saturated rings. The van der Waals surface area contributed by atoms with Crippen molar-refractivity contribution in [3.63, 3.8) is 0 Å². The molecule has 18 heavy (non-hydrogen) atoms. The summed E-state index contributed by atoms with van der Waals surface area (Å²) in [6.45, 7) is 2.03. The molecule has 0 saturated heterocycles. The standard InChI is InChI=1S/C14H15BrO2S/c1-9-6-13(18-14(9)15)12(16)8-10-4-3-5-11(7-10)17-2/h3-7,12,16H,8H2,1-2H3. The first kappa shape index (κ1) is 13.6. The quantitative estimate of drug-likeness (QED) is 0.916. The van der Waals surface area contributed by atoms with E-state index in [0.717, 1.165) is 20.0 Å². The summed E-state index contributed by atoms with van der Waals surface area (Å²) in [5.41, 5.74) is 2.24. The molecule has 1 aromatic carbocycles. The van der Waals surface area contributed by atoms with Crippen molar-refractivity contribution in [3.8, 4) is 5.75 Å². The van der Waals surface area contributed by atoms with Gasteiger partial charge in [-0.2, -0.15) is 0 Å². The van der Waals surface area contributed by atoms with E-state index >= 15 is 0 Å². The number of hydrogen-bond donors (Lipinski definition) is 1. The van der Waals surface area contributed by atoms with Gasteiger partial charge in [0.25, 0.3) is 0 Å². The molecule has 1 N–H and O–H groups in total. The minimum atomic E-state index is -0.466. The Morgan fingerprint density at radius 3 is 2.78 bits per heavy atom. The van der Waals surface area contributed by atoms with Gasteiger partial charge in [0, 0.05) is 11.3 Å².